The van der Waals surface area contributed by atoms with E-state index >= 15 is 0 Å². The number of methoxy groups -OCH3 is 1. The van der Waals surface area contributed by atoms with Gasteiger partial charge in [0.05, 0.1) is 17.7 Å². The van der Waals surface area contributed by atoms with Crippen molar-refractivity contribution in [1.29, 1.82) is 0 Å². The number of hydrogen-bond donors (Lipinski definition) is 1. The molecule has 2 aromatic rings. The SMILES string of the molecule is COc1ccc(C(=O)c2cc(Br)c(Cl)s2)cc1N. The van der Waals surface area contributed by atoms with Gasteiger partial charge in [0.1, 0.15) is 10.1 Å². The molecule has 0 saturated heterocycles. The van der Waals surface area contributed by atoms with Gasteiger partial charge < -0.3 is 10.5 Å². The number of carbonyl (C=O) groups excluding carboxylic acids is 1. The lowest BCUT2D eigenvalue weighted by molar-refractivity contribution is 0.104. The topological polar surface area (TPSA) is 52.3 Å². The van der Waals surface area contributed by atoms with Crippen LogP contribution in [0.1, 0.15) is 15.2 Å². The molecule has 0 saturated carbocycles. The summed E-state index contributed by atoms with van der Waals surface area (Å²) in [6.07, 6.45) is 0. The number of hydrogen-bond acceptors (Lipinski definition) is 4. The lowest BCUT2D eigenvalue weighted by Crippen LogP contribution is -2.01. The van der Waals surface area contributed by atoms with Gasteiger partial charge in [0.25, 0.3) is 0 Å². The molecule has 1 aromatic heterocycles. The Morgan fingerprint density at radius 1 is 1.44 bits per heavy atom. The number of nitrogens with two attached hydrogens (primary N) is 1. The number of rotatable bonds is 3. The van der Waals surface area contributed by atoms with Crippen molar-refractivity contribution in [2.75, 3.05) is 12.8 Å². The number of benzene rings is 1. The Morgan fingerprint density at radius 3 is 2.67 bits per heavy atom. The first-order valence-electron chi connectivity index (χ1n) is 4.96. The third-order valence-electron chi connectivity index (χ3n) is 2.36. The van der Waals surface area contributed by atoms with E-state index in [1.54, 1.807) is 24.3 Å². The maximum absolute atomic E-state index is 12.2. The summed E-state index contributed by atoms with van der Waals surface area (Å²) in [4.78, 5) is 12.8. The minimum atomic E-state index is -0.109. The van der Waals surface area contributed by atoms with Gasteiger partial charge in [0.15, 0.2) is 0 Å². The van der Waals surface area contributed by atoms with Crippen molar-refractivity contribution in [3.05, 3.63) is 43.5 Å². The molecule has 0 aliphatic rings. The third-order valence-corrected chi connectivity index (χ3v) is 4.83. The summed E-state index contributed by atoms with van der Waals surface area (Å²) in [6, 6.07) is 6.66. The number of nitrogen functional groups attached to an aromatic ring is 1. The zero-order valence-corrected chi connectivity index (χ0v) is 12.5. The molecule has 3 nitrogen and oxygen atoms in total. The van der Waals surface area contributed by atoms with Crippen LogP contribution in [0.5, 0.6) is 5.75 Å². The summed E-state index contributed by atoms with van der Waals surface area (Å²) in [6.45, 7) is 0. The van der Waals surface area contributed by atoms with Crippen LogP contribution in [-0.2, 0) is 0 Å². The minimum Gasteiger partial charge on any atom is -0.495 e. The molecule has 0 aliphatic heterocycles. The zero-order chi connectivity index (χ0) is 13.3. The molecule has 2 N–H and O–H groups in total. The zero-order valence-electron chi connectivity index (χ0n) is 9.37. The normalized spacial score (nSPS) is 10.4. The van der Waals surface area contributed by atoms with Crippen molar-refractivity contribution < 1.29 is 9.53 Å². The average molecular weight is 347 g/mol. The van der Waals surface area contributed by atoms with Crippen LogP contribution in [0, 0.1) is 0 Å². The molecule has 0 aliphatic carbocycles. The first-order chi connectivity index (χ1) is 8.52. The Bertz CT molecular complexity index is 593. The van der Waals surface area contributed by atoms with Gasteiger partial charge in [-0.1, -0.05) is 11.6 Å². The Hall–Kier alpha value is -1.04. The molecule has 0 unspecified atom stereocenters. The van der Waals surface area contributed by atoms with Crippen molar-refractivity contribution in [2.45, 2.75) is 0 Å². The predicted octanol–water partition coefficient (Wildman–Crippen LogP) is 3.99. The van der Waals surface area contributed by atoms with Gasteiger partial charge in [-0.25, -0.2) is 0 Å². The van der Waals surface area contributed by atoms with Crippen molar-refractivity contribution in [3.63, 3.8) is 0 Å². The average Bonchev–Trinajstić information content (AvgIpc) is 2.68. The van der Waals surface area contributed by atoms with E-state index in [2.05, 4.69) is 15.9 Å². The van der Waals surface area contributed by atoms with Crippen LogP contribution in [0.25, 0.3) is 0 Å². The first-order valence-corrected chi connectivity index (χ1v) is 6.94. The molecular formula is C12H9BrClNO2S. The lowest BCUT2D eigenvalue weighted by atomic mass is 10.1. The fraction of sp³-hybridized carbons (Fsp3) is 0.0833. The van der Waals surface area contributed by atoms with Crippen molar-refractivity contribution in [2.24, 2.45) is 0 Å². The maximum Gasteiger partial charge on any atom is 0.203 e. The fourth-order valence-electron chi connectivity index (χ4n) is 1.48. The summed E-state index contributed by atoms with van der Waals surface area (Å²) in [5.74, 6) is 0.443. The van der Waals surface area contributed by atoms with Gasteiger partial charge >= 0.3 is 0 Å². The highest BCUT2D eigenvalue weighted by Gasteiger charge is 2.15. The van der Waals surface area contributed by atoms with E-state index in [-0.39, 0.29) is 5.78 Å². The highest BCUT2D eigenvalue weighted by atomic mass is 79.9. The van der Waals surface area contributed by atoms with Gasteiger partial charge in [-0.3, -0.25) is 4.79 Å². The molecule has 0 amide bonds. The predicted molar refractivity (Wildman–Crippen MR) is 77.9 cm³/mol. The molecule has 1 heterocycles. The Morgan fingerprint density at radius 2 is 2.17 bits per heavy atom. The van der Waals surface area contributed by atoms with E-state index in [0.29, 0.717) is 26.2 Å². The van der Waals surface area contributed by atoms with Gasteiger partial charge in [-0.2, -0.15) is 0 Å². The second-order valence-electron chi connectivity index (χ2n) is 3.52. The number of thiophene rings is 1. The number of anilines is 1. The molecule has 1 aromatic carbocycles. The molecule has 18 heavy (non-hydrogen) atoms. The molecule has 2 rings (SSSR count). The summed E-state index contributed by atoms with van der Waals surface area (Å²) in [5.41, 5.74) is 6.72. The van der Waals surface area contributed by atoms with E-state index < -0.39 is 0 Å². The van der Waals surface area contributed by atoms with Crippen LogP contribution in [0.3, 0.4) is 0 Å². The number of halogens is 2. The molecule has 94 valence electrons. The maximum atomic E-state index is 12.2. The van der Waals surface area contributed by atoms with Crippen molar-refractivity contribution in [1.82, 2.24) is 0 Å². The second kappa shape index (κ2) is 5.30. The molecule has 0 bridgehead atoms. The number of ketones is 1. The van der Waals surface area contributed by atoms with Gasteiger partial charge in [0.2, 0.25) is 5.78 Å². The third kappa shape index (κ3) is 2.53. The number of ether oxygens (including phenoxy) is 1. The van der Waals surface area contributed by atoms with E-state index in [1.165, 1.54) is 18.4 Å². The summed E-state index contributed by atoms with van der Waals surface area (Å²) >= 11 is 10.4. The van der Waals surface area contributed by atoms with Gasteiger partial charge in [-0.15, -0.1) is 11.3 Å². The number of carbonyl (C=O) groups is 1. The lowest BCUT2D eigenvalue weighted by Gasteiger charge is -2.05. The van der Waals surface area contributed by atoms with Crippen LogP contribution in [0.4, 0.5) is 5.69 Å². The quantitative estimate of drug-likeness (QED) is 0.675. The Balaban J connectivity index is 2.37. The largest absolute Gasteiger partial charge is 0.495 e. The van der Waals surface area contributed by atoms with Crippen LogP contribution in [0.15, 0.2) is 28.7 Å². The van der Waals surface area contributed by atoms with Crippen LogP contribution >= 0.6 is 38.9 Å². The van der Waals surface area contributed by atoms with E-state index in [4.69, 9.17) is 22.1 Å². The van der Waals surface area contributed by atoms with Crippen LogP contribution in [-0.4, -0.2) is 12.9 Å². The molecular weight excluding hydrogens is 338 g/mol. The molecule has 0 spiro atoms. The molecule has 0 atom stereocenters. The van der Waals surface area contributed by atoms with E-state index in [1.807, 2.05) is 0 Å². The standard InChI is InChI=1S/C12H9BrClNO2S/c1-17-9-3-2-6(4-8(9)15)11(16)10-5-7(13)12(14)18-10/h2-5H,15H2,1H3. The second-order valence-corrected chi connectivity index (χ2v) is 6.03. The van der Waals surface area contributed by atoms with E-state index in [9.17, 15) is 4.79 Å². The summed E-state index contributed by atoms with van der Waals surface area (Å²) < 4.78 is 6.32. The van der Waals surface area contributed by atoms with Crippen molar-refractivity contribution >= 4 is 50.3 Å². The van der Waals surface area contributed by atoms with Crippen LogP contribution < -0.4 is 10.5 Å². The minimum absolute atomic E-state index is 0.109. The Labute approximate surface area is 122 Å². The molecule has 6 heteroatoms. The summed E-state index contributed by atoms with van der Waals surface area (Å²) in [5, 5.41) is 0. The molecule has 0 radical (unpaired) electrons. The van der Waals surface area contributed by atoms with E-state index in [0.717, 1.165) is 4.47 Å². The highest BCUT2D eigenvalue weighted by Crippen LogP contribution is 2.33. The van der Waals surface area contributed by atoms with Gasteiger partial charge in [0, 0.05) is 10.0 Å². The first kappa shape index (κ1) is 13.4. The fourth-order valence-corrected chi connectivity index (χ4v) is 3.14. The van der Waals surface area contributed by atoms with Crippen molar-refractivity contribution in [3.8, 4) is 5.75 Å². The Kier molecular flexibility index (Phi) is 3.94. The highest BCUT2D eigenvalue weighted by molar-refractivity contribution is 9.10. The van der Waals surface area contributed by atoms with Gasteiger partial charge in [-0.05, 0) is 40.2 Å². The monoisotopic (exact) mass is 345 g/mol. The van der Waals surface area contributed by atoms with Crippen LogP contribution in [0.2, 0.25) is 4.34 Å². The smallest absolute Gasteiger partial charge is 0.203 e. The summed E-state index contributed by atoms with van der Waals surface area (Å²) in [7, 11) is 1.53. The molecule has 0 fully saturated rings.